The van der Waals surface area contributed by atoms with E-state index < -0.39 is 17.7 Å². The number of hydrogen-bond acceptors (Lipinski definition) is 7. The van der Waals surface area contributed by atoms with E-state index in [0.717, 1.165) is 11.8 Å². The molecule has 0 saturated heterocycles. The summed E-state index contributed by atoms with van der Waals surface area (Å²) < 4.78 is 9.93. The van der Waals surface area contributed by atoms with Crippen LogP contribution in [0.25, 0.3) is 0 Å². The van der Waals surface area contributed by atoms with Crippen LogP contribution in [0.5, 0.6) is 0 Å². The van der Waals surface area contributed by atoms with Gasteiger partial charge in [-0.15, -0.1) is 5.11 Å². The number of thioether (sulfide) groups is 1. The maximum atomic E-state index is 12.0. The Morgan fingerprint density at radius 3 is 2.43 bits per heavy atom. The van der Waals surface area contributed by atoms with Crippen LogP contribution < -0.4 is 0 Å². The van der Waals surface area contributed by atoms with E-state index in [1.54, 1.807) is 27.7 Å². The monoisotopic (exact) mass is 341 g/mol. The zero-order valence-electron chi connectivity index (χ0n) is 13.7. The number of amides is 2. The van der Waals surface area contributed by atoms with Crippen molar-refractivity contribution >= 4 is 34.8 Å². The van der Waals surface area contributed by atoms with Gasteiger partial charge in [0.1, 0.15) is 16.2 Å². The van der Waals surface area contributed by atoms with Crippen molar-refractivity contribution < 1.29 is 23.9 Å². The third kappa shape index (κ3) is 6.31. The highest BCUT2D eigenvalue weighted by molar-refractivity contribution is 8.15. The molecular formula is C14H19N3O5S. The average molecular weight is 341 g/mol. The Labute approximate surface area is 138 Å². The fourth-order valence-corrected chi connectivity index (χ4v) is 2.34. The number of rotatable bonds is 4. The molecule has 1 aliphatic rings. The van der Waals surface area contributed by atoms with Gasteiger partial charge in [-0.25, -0.2) is 14.6 Å². The first-order chi connectivity index (χ1) is 10.6. The first-order valence-electron chi connectivity index (χ1n) is 6.91. The summed E-state index contributed by atoms with van der Waals surface area (Å²) in [6.07, 6.45) is -0.878. The first kappa shape index (κ1) is 19.0. The van der Waals surface area contributed by atoms with Crippen LogP contribution in [-0.4, -0.2) is 41.0 Å². The van der Waals surface area contributed by atoms with E-state index in [9.17, 15) is 14.4 Å². The van der Waals surface area contributed by atoms with E-state index in [4.69, 9.17) is 9.47 Å². The van der Waals surface area contributed by atoms with Crippen molar-refractivity contribution in [1.82, 2.24) is 0 Å². The molecule has 1 aliphatic heterocycles. The molecule has 0 N–H and O–H groups in total. The molecular weight excluding hydrogens is 322 g/mol. The number of ether oxygens (including phenoxy) is 2. The molecule has 0 unspecified atom stereocenters. The van der Waals surface area contributed by atoms with E-state index in [0.29, 0.717) is 0 Å². The lowest BCUT2D eigenvalue weighted by atomic mass is 10.2. The topological polar surface area (TPSA) is 107 Å². The second kappa shape index (κ2) is 8.00. The van der Waals surface area contributed by atoms with Gasteiger partial charge in [-0.3, -0.25) is 4.79 Å². The highest BCUT2D eigenvalue weighted by Gasteiger charge is 2.27. The van der Waals surface area contributed by atoms with E-state index in [1.165, 1.54) is 6.92 Å². The summed E-state index contributed by atoms with van der Waals surface area (Å²) in [4.78, 5) is 38.6. The minimum Gasteiger partial charge on any atom is -0.462 e. The molecule has 0 aromatic heterocycles. The SMILES string of the molecule is CCOC(=O)/C(C1=NC(=O)CS1)=C(\C)N=NC(=O)OC(C)(C)C. The van der Waals surface area contributed by atoms with Crippen molar-refractivity contribution in [1.29, 1.82) is 0 Å². The number of carbonyl (C=O) groups excluding carboxylic acids is 3. The Balaban J connectivity index is 3.05. The molecule has 0 atom stereocenters. The first-order valence-corrected chi connectivity index (χ1v) is 7.90. The van der Waals surface area contributed by atoms with Crippen LogP contribution in [0.1, 0.15) is 34.6 Å². The fourth-order valence-electron chi connectivity index (χ4n) is 1.48. The van der Waals surface area contributed by atoms with Crippen molar-refractivity contribution in [2.75, 3.05) is 12.4 Å². The van der Waals surface area contributed by atoms with Gasteiger partial charge in [0.05, 0.1) is 18.1 Å². The summed E-state index contributed by atoms with van der Waals surface area (Å²) >= 11 is 1.11. The minimum absolute atomic E-state index is 0.0232. The van der Waals surface area contributed by atoms with Gasteiger partial charge in [-0.05, 0) is 34.6 Å². The van der Waals surface area contributed by atoms with E-state index >= 15 is 0 Å². The summed E-state index contributed by atoms with van der Waals surface area (Å²) in [5, 5.41) is 7.33. The Morgan fingerprint density at radius 1 is 1.30 bits per heavy atom. The molecule has 0 saturated carbocycles. The number of carbonyl (C=O) groups is 3. The molecule has 9 heteroatoms. The van der Waals surface area contributed by atoms with Crippen molar-refractivity contribution in [3.05, 3.63) is 11.3 Å². The molecule has 1 heterocycles. The highest BCUT2D eigenvalue weighted by Crippen LogP contribution is 2.24. The lowest BCUT2D eigenvalue weighted by Gasteiger charge is -2.16. The fraction of sp³-hybridized carbons (Fsp3) is 0.571. The van der Waals surface area contributed by atoms with E-state index in [2.05, 4.69) is 15.2 Å². The number of esters is 1. The van der Waals surface area contributed by atoms with Crippen LogP contribution in [0, 0.1) is 0 Å². The highest BCUT2D eigenvalue weighted by atomic mass is 32.2. The van der Waals surface area contributed by atoms with Crippen molar-refractivity contribution in [2.45, 2.75) is 40.2 Å². The summed E-state index contributed by atoms with van der Waals surface area (Å²) in [6, 6.07) is 0. The average Bonchev–Trinajstić information content (AvgIpc) is 2.81. The molecule has 2 amide bonds. The normalized spacial score (nSPS) is 16.2. The molecule has 0 aromatic carbocycles. The maximum absolute atomic E-state index is 12.0. The van der Waals surface area contributed by atoms with Crippen molar-refractivity contribution in [2.24, 2.45) is 15.2 Å². The quantitative estimate of drug-likeness (QED) is 0.442. The lowest BCUT2D eigenvalue weighted by Crippen LogP contribution is -2.21. The Morgan fingerprint density at radius 2 is 1.96 bits per heavy atom. The number of azo groups is 1. The van der Waals surface area contributed by atoms with Crippen LogP contribution in [0.2, 0.25) is 0 Å². The molecule has 1 rings (SSSR count). The van der Waals surface area contributed by atoms with Gasteiger partial charge in [-0.2, -0.15) is 0 Å². The molecule has 0 radical (unpaired) electrons. The van der Waals surface area contributed by atoms with Crippen LogP contribution in [0.3, 0.4) is 0 Å². The van der Waals surface area contributed by atoms with Crippen LogP contribution in [-0.2, 0) is 19.1 Å². The third-order valence-electron chi connectivity index (χ3n) is 2.29. The smallest absolute Gasteiger partial charge is 0.452 e. The van der Waals surface area contributed by atoms with E-state index in [1.807, 2.05) is 0 Å². The second-order valence-corrected chi connectivity index (χ2v) is 6.42. The Kier molecular flexibility index (Phi) is 6.62. The summed E-state index contributed by atoms with van der Waals surface area (Å²) in [7, 11) is 0. The Hall–Kier alpha value is -2.03. The third-order valence-corrected chi connectivity index (χ3v) is 3.25. The standard InChI is InChI=1S/C14H19N3O5S/c1-6-21-12(19)10(11-15-9(18)7-23-11)8(2)16-17-13(20)22-14(3,4)5/h6-7H2,1-5H3/b10-8+,17-16?. The lowest BCUT2D eigenvalue weighted by molar-refractivity contribution is -0.137. The van der Waals surface area contributed by atoms with Gasteiger partial charge in [0.2, 0.25) is 0 Å². The molecule has 8 nitrogen and oxygen atoms in total. The van der Waals surface area contributed by atoms with Gasteiger partial charge in [0, 0.05) is 0 Å². The molecule has 0 bridgehead atoms. The number of hydrogen-bond donors (Lipinski definition) is 0. The summed E-state index contributed by atoms with van der Waals surface area (Å²) in [6.45, 7) is 8.38. The van der Waals surface area contributed by atoms with E-state index in [-0.39, 0.29) is 34.6 Å². The molecule has 0 fully saturated rings. The molecule has 0 aliphatic carbocycles. The molecule has 0 spiro atoms. The van der Waals surface area contributed by atoms with Crippen LogP contribution in [0.4, 0.5) is 4.79 Å². The molecule has 0 aromatic rings. The van der Waals surface area contributed by atoms with Gasteiger partial charge in [-0.1, -0.05) is 16.9 Å². The van der Waals surface area contributed by atoms with Gasteiger partial charge < -0.3 is 9.47 Å². The second-order valence-electron chi connectivity index (χ2n) is 5.46. The Bertz CT molecular complexity index is 602. The van der Waals surface area contributed by atoms with Crippen molar-refractivity contribution in [3.63, 3.8) is 0 Å². The zero-order chi connectivity index (χ0) is 17.6. The largest absolute Gasteiger partial charge is 0.462 e. The maximum Gasteiger partial charge on any atom is 0.452 e. The molecule has 23 heavy (non-hydrogen) atoms. The van der Waals surface area contributed by atoms with Gasteiger partial charge in [0.15, 0.2) is 0 Å². The van der Waals surface area contributed by atoms with Gasteiger partial charge >= 0.3 is 12.1 Å². The number of aliphatic imine (C=N–C) groups is 1. The van der Waals surface area contributed by atoms with Crippen molar-refractivity contribution in [3.8, 4) is 0 Å². The number of nitrogens with zero attached hydrogens (tertiary/aromatic N) is 3. The van der Waals surface area contributed by atoms with Crippen LogP contribution in [0.15, 0.2) is 26.5 Å². The van der Waals surface area contributed by atoms with Gasteiger partial charge in [0.25, 0.3) is 5.91 Å². The zero-order valence-corrected chi connectivity index (χ0v) is 14.5. The predicted octanol–water partition coefficient (Wildman–Crippen LogP) is 2.88. The summed E-state index contributed by atoms with van der Waals surface area (Å²) in [5.41, 5.74) is -0.555. The van der Waals surface area contributed by atoms with Crippen LogP contribution >= 0.6 is 11.8 Å². The minimum atomic E-state index is -0.878. The summed E-state index contributed by atoms with van der Waals surface area (Å²) in [5.74, 6) is -0.868. The number of allylic oxidation sites excluding steroid dienone is 1. The molecule has 126 valence electrons. The predicted molar refractivity (Wildman–Crippen MR) is 85.3 cm³/mol.